The first-order valence-corrected chi connectivity index (χ1v) is 7.61. The van der Waals surface area contributed by atoms with E-state index in [1.807, 2.05) is 19.1 Å². The molecule has 0 saturated heterocycles. The summed E-state index contributed by atoms with van der Waals surface area (Å²) in [4.78, 5) is 14.1. The lowest BCUT2D eigenvalue weighted by Gasteiger charge is -2.05. The third-order valence-corrected chi connectivity index (χ3v) is 4.24. The van der Waals surface area contributed by atoms with Gasteiger partial charge < -0.3 is 11.1 Å². The highest BCUT2D eigenvalue weighted by Gasteiger charge is 2.07. The van der Waals surface area contributed by atoms with Gasteiger partial charge in [-0.3, -0.25) is 4.79 Å². The number of nitrogens with two attached hydrogens (primary N) is 1. The predicted molar refractivity (Wildman–Crippen MR) is 87.6 cm³/mol. The molecule has 0 aliphatic rings. The van der Waals surface area contributed by atoms with Crippen LogP contribution >= 0.6 is 22.9 Å². The fourth-order valence-electron chi connectivity index (χ4n) is 1.73. The Morgan fingerprint density at radius 3 is 2.90 bits per heavy atom. The Hall–Kier alpha value is -1.80. The van der Waals surface area contributed by atoms with Gasteiger partial charge in [0.25, 0.3) is 5.91 Å². The van der Waals surface area contributed by atoms with Gasteiger partial charge in [-0.1, -0.05) is 23.4 Å². The molecule has 0 radical (unpaired) electrons. The summed E-state index contributed by atoms with van der Waals surface area (Å²) in [6.07, 6.45) is 0. The average Bonchev–Trinajstić information content (AvgIpc) is 2.93. The van der Waals surface area contributed by atoms with E-state index in [4.69, 9.17) is 17.3 Å². The first-order chi connectivity index (χ1) is 10.1. The largest absolute Gasteiger partial charge is 0.347 e. The van der Waals surface area contributed by atoms with E-state index in [0.29, 0.717) is 23.7 Å². The average molecular weight is 319 g/mol. The van der Waals surface area contributed by atoms with Crippen molar-refractivity contribution in [2.24, 2.45) is 5.73 Å². The second-order valence-electron chi connectivity index (χ2n) is 4.42. The van der Waals surface area contributed by atoms with Gasteiger partial charge in [0.15, 0.2) is 0 Å². The monoisotopic (exact) mass is 318 g/mol. The van der Waals surface area contributed by atoms with Crippen molar-refractivity contribution >= 4 is 28.8 Å². The van der Waals surface area contributed by atoms with Crippen LogP contribution in [0.4, 0.5) is 0 Å². The summed E-state index contributed by atoms with van der Waals surface area (Å²) in [6.45, 7) is 2.70. The zero-order valence-corrected chi connectivity index (χ0v) is 13.1. The van der Waals surface area contributed by atoms with E-state index in [1.54, 1.807) is 29.5 Å². The van der Waals surface area contributed by atoms with Gasteiger partial charge in [0.2, 0.25) is 0 Å². The van der Waals surface area contributed by atoms with Crippen LogP contribution in [-0.2, 0) is 6.54 Å². The van der Waals surface area contributed by atoms with Crippen LogP contribution in [-0.4, -0.2) is 12.5 Å². The van der Waals surface area contributed by atoms with Gasteiger partial charge in [0.05, 0.1) is 18.0 Å². The number of hydrogen-bond acceptors (Lipinski definition) is 3. The third kappa shape index (κ3) is 4.33. The minimum Gasteiger partial charge on any atom is -0.347 e. The van der Waals surface area contributed by atoms with E-state index in [1.165, 1.54) is 0 Å². The number of benzene rings is 1. The summed E-state index contributed by atoms with van der Waals surface area (Å²) in [5.41, 5.74) is 6.83. The second kappa shape index (κ2) is 7.28. The Morgan fingerprint density at radius 2 is 2.19 bits per heavy atom. The van der Waals surface area contributed by atoms with Crippen molar-refractivity contribution in [2.45, 2.75) is 13.5 Å². The summed E-state index contributed by atoms with van der Waals surface area (Å²) >= 11 is 7.50. The second-order valence-corrected chi connectivity index (χ2v) is 5.99. The molecule has 2 rings (SSSR count). The van der Waals surface area contributed by atoms with E-state index >= 15 is 0 Å². The van der Waals surface area contributed by atoms with E-state index in [-0.39, 0.29) is 5.91 Å². The van der Waals surface area contributed by atoms with Crippen molar-refractivity contribution in [3.8, 4) is 11.8 Å². The topological polar surface area (TPSA) is 55.1 Å². The highest BCUT2D eigenvalue weighted by Crippen LogP contribution is 2.17. The Kier molecular flexibility index (Phi) is 5.40. The van der Waals surface area contributed by atoms with Crippen LogP contribution in [0, 0.1) is 18.8 Å². The van der Waals surface area contributed by atoms with Crippen molar-refractivity contribution in [1.82, 2.24) is 5.32 Å². The van der Waals surface area contributed by atoms with Gasteiger partial charge in [-0.05, 0) is 42.8 Å². The maximum atomic E-state index is 12.1. The number of thiophene rings is 1. The molecule has 21 heavy (non-hydrogen) atoms. The molecule has 0 aliphatic carbocycles. The van der Waals surface area contributed by atoms with Gasteiger partial charge >= 0.3 is 0 Å². The van der Waals surface area contributed by atoms with Gasteiger partial charge in [-0.15, -0.1) is 11.3 Å². The number of nitrogens with one attached hydrogen (secondary N) is 1. The molecule has 0 saturated carbocycles. The molecule has 0 bridgehead atoms. The number of hydrogen-bond donors (Lipinski definition) is 2. The summed E-state index contributed by atoms with van der Waals surface area (Å²) in [5.74, 6) is 5.67. The molecule has 1 aromatic heterocycles. The summed E-state index contributed by atoms with van der Waals surface area (Å²) in [7, 11) is 0. The number of halogens is 1. The quantitative estimate of drug-likeness (QED) is 0.855. The molecule has 0 unspecified atom stereocenters. The fourth-order valence-corrected chi connectivity index (χ4v) is 2.67. The first-order valence-electron chi connectivity index (χ1n) is 6.42. The van der Waals surface area contributed by atoms with Gasteiger partial charge in [-0.2, -0.15) is 0 Å². The molecule has 3 nitrogen and oxygen atoms in total. The van der Waals surface area contributed by atoms with Crippen LogP contribution in [0.25, 0.3) is 0 Å². The molecule has 0 atom stereocenters. The molecule has 2 aromatic rings. The van der Waals surface area contributed by atoms with Crippen LogP contribution in [0.5, 0.6) is 0 Å². The molecule has 0 spiro atoms. The van der Waals surface area contributed by atoms with Crippen molar-refractivity contribution in [1.29, 1.82) is 0 Å². The Labute approximate surface area is 133 Å². The highest BCUT2D eigenvalue weighted by atomic mass is 35.5. The lowest BCUT2D eigenvalue weighted by atomic mass is 10.1. The van der Waals surface area contributed by atoms with Crippen LogP contribution in [0.2, 0.25) is 5.02 Å². The lowest BCUT2D eigenvalue weighted by Crippen LogP contribution is -2.22. The van der Waals surface area contributed by atoms with Crippen molar-refractivity contribution in [3.05, 3.63) is 56.2 Å². The molecule has 1 heterocycles. The number of carbonyl (C=O) groups is 1. The van der Waals surface area contributed by atoms with Crippen molar-refractivity contribution < 1.29 is 4.79 Å². The predicted octanol–water partition coefficient (Wildman–Crippen LogP) is 2.95. The minimum absolute atomic E-state index is 0.113. The van der Waals surface area contributed by atoms with Crippen LogP contribution in [0.15, 0.2) is 30.3 Å². The number of amides is 1. The van der Waals surface area contributed by atoms with Crippen LogP contribution < -0.4 is 11.1 Å². The van der Waals surface area contributed by atoms with E-state index in [2.05, 4.69) is 17.2 Å². The van der Waals surface area contributed by atoms with Crippen molar-refractivity contribution in [2.75, 3.05) is 6.54 Å². The highest BCUT2D eigenvalue weighted by molar-refractivity contribution is 7.12. The fraction of sp³-hybridized carbons (Fsp3) is 0.188. The smallest absolute Gasteiger partial charge is 0.251 e. The molecular formula is C16H15ClN2OS. The normalized spacial score (nSPS) is 9.86. The van der Waals surface area contributed by atoms with Crippen molar-refractivity contribution in [3.63, 3.8) is 0 Å². The van der Waals surface area contributed by atoms with Crippen LogP contribution in [0.1, 0.15) is 25.7 Å². The standard InChI is InChI=1S/C16H15ClN2OS/c1-11-9-12(4-7-15(11)17)16(20)19-10-14-6-5-13(21-14)3-2-8-18/h4-7,9H,8,10,18H2,1H3,(H,19,20). The molecule has 3 N–H and O–H groups in total. The zero-order valence-electron chi connectivity index (χ0n) is 11.6. The molecule has 108 valence electrons. The first kappa shape index (κ1) is 15.6. The number of carbonyl (C=O) groups excluding carboxylic acids is 1. The van der Waals surface area contributed by atoms with Gasteiger partial charge in [0.1, 0.15) is 0 Å². The zero-order chi connectivity index (χ0) is 15.2. The Balaban J connectivity index is 1.97. The maximum absolute atomic E-state index is 12.1. The number of rotatable bonds is 3. The molecule has 1 amide bonds. The lowest BCUT2D eigenvalue weighted by molar-refractivity contribution is 0.0951. The Morgan fingerprint density at radius 1 is 1.38 bits per heavy atom. The third-order valence-electron chi connectivity index (χ3n) is 2.82. The summed E-state index contributed by atoms with van der Waals surface area (Å²) in [5, 5.41) is 3.55. The summed E-state index contributed by atoms with van der Waals surface area (Å²) < 4.78 is 0. The van der Waals surface area contributed by atoms with Gasteiger partial charge in [-0.25, -0.2) is 0 Å². The summed E-state index contributed by atoms with van der Waals surface area (Å²) in [6, 6.07) is 9.12. The molecule has 0 aliphatic heterocycles. The maximum Gasteiger partial charge on any atom is 0.251 e. The number of aryl methyl sites for hydroxylation is 1. The van der Waals surface area contributed by atoms with E-state index in [0.717, 1.165) is 15.3 Å². The van der Waals surface area contributed by atoms with Gasteiger partial charge in [0, 0.05) is 15.5 Å². The Bertz CT molecular complexity index is 713. The minimum atomic E-state index is -0.113. The molecule has 1 aromatic carbocycles. The van der Waals surface area contributed by atoms with E-state index < -0.39 is 0 Å². The van der Waals surface area contributed by atoms with E-state index in [9.17, 15) is 4.79 Å². The molecule has 5 heteroatoms. The molecular weight excluding hydrogens is 304 g/mol. The molecule has 0 fully saturated rings. The SMILES string of the molecule is Cc1cc(C(=O)NCc2ccc(C#CCN)s2)ccc1Cl. The van der Waals surface area contributed by atoms with Crippen LogP contribution in [0.3, 0.4) is 0 Å².